The Labute approximate surface area is 348 Å². The lowest BCUT2D eigenvalue weighted by Crippen LogP contribution is -2.54. The molecule has 1 spiro atoms. The number of piperidine rings is 3. The molecular weight excluding hydrogens is 772 g/mol. The van der Waals surface area contributed by atoms with Crippen molar-refractivity contribution in [3.05, 3.63) is 82.1 Å². The molecule has 7 heterocycles. The van der Waals surface area contributed by atoms with Crippen molar-refractivity contribution in [3.63, 3.8) is 0 Å². The summed E-state index contributed by atoms with van der Waals surface area (Å²) >= 11 is 6.38. The van der Waals surface area contributed by atoms with Crippen molar-refractivity contribution < 1.29 is 24.0 Å². The maximum Gasteiger partial charge on any atom is 0.274 e. The molecule has 0 aliphatic carbocycles. The van der Waals surface area contributed by atoms with Gasteiger partial charge in [-0.3, -0.25) is 39.1 Å². The van der Waals surface area contributed by atoms with E-state index in [0.29, 0.717) is 47.1 Å². The fourth-order valence-electron chi connectivity index (χ4n) is 10.2. The number of fused-ring (bicyclic) bond motifs is 1. The molecule has 6 aliphatic heterocycles. The third-order valence-electron chi connectivity index (χ3n) is 13.5. The van der Waals surface area contributed by atoms with Crippen molar-refractivity contribution in [2.75, 3.05) is 73.6 Å². The zero-order chi connectivity index (χ0) is 41.0. The Morgan fingerprint density at radius 3 is 2.25 bits per heavy atom. The van der Waals surface area contributed by atoms with Gasteiger partial charge >= 0.3 is 0 Å². The Bertz CT molecular complexity index is 2240. The fourth-order valence-corrected chi connectivity index (χ4v) is 10.4. The Morgan fingerprint density at radius 2 is 1.58 bits per heavy atom. The number of hydrogen-bond acceptors (Lipinski definition) is 11. The number of nitrogens with zero attached hydrogens (tertiary/aromatic N) is 9. The lowest BCUT2D eigenvalue weighted by atomic mass is 9.77. The maximum atomic E-state index is 13.5. The van der Waals surface area contributed by atoms with E-state index in [1.54, 1.807) is 24.5 Å². The van der Waals surface area contributed by atoms with E-state index in [2.05, 4.69) is 41.7 Å². The zero-order valence-corrected chi connectivity index (χ0v) is 33.9. The van der Waals surface area contributed by atoms with Gasteiger partial charge in [0.2, 0.25) is 17.5 Å². The van der Waals surface area contributed by atoms with Gasteiger partial charge in [-0.15, -0.1) is 0 Å². The van der Waals surface area contributed by atoms with Crippen molar-refractivity contribution >= 4 is 64.0 Å². The highest BCUT2D eigenvalue weighted by atomic mass is 35.5. The number of aromatic nitrogens is 2. The Morgan fingerprint density at radius 1 is 0.847 bits per heavy atom. The van der Waals surface area contributed by atoms with Gasteiger partial charge in [0.15, 0.2) is 0 Å². The predicted molar refractivity (Wildman–Crippen MR) is 221 cm³/mol. The number of anilines is 3. The van der Waals surface area contributed by atoms with E-state index in [1.165, 1.54) is 0 Å². The SMILES string of the molecule is [C-]#[N+]c1ccc(N2CC3(CCN(c4cnc(C(=O)N5CCN(C6CCN(c7ccc8c(c7)C(=O)N(C7CCC(=O)NC7=O)C8=O)CC6)CC5)cn4)CC3)C[C@@H]2C)cc1Cl. The molecule has 5 saturated heterocycles. The van der Waals surface area contributed by atoms with Crippen LogP contribution in [0.2, 0.25) is 5.02 Å². The van der Waals surface area contributed by atoms with Crippen LogP contribution >= 0.6 is 11.6 Å². The minimum Gasteiger partial charge on any atom is -0.371 e. The molecule has 15 nitrogen and oxygen atoms in total. The third-order valence-corrected chi connectivity index (χ3v) is 13.8. The van der Waals surface area contributed by atoms with E-state index in [0.717, 1.165) is 100 Å². The summed E-state index contributed by atoms with van der Waals surface area (Å²) in [5.74, 6) is -1.31. The van der Waals surface area contributed by atoms with Crippen LogP contribution < -0.4 is 20.0 Å². The smallest absolute Gasteiger partial charge is 0.274 e. The monoisotopic (exact) mass is 818 g/mol. The normalized spacial score (nSPS) is 23.8. The van der Waals surface area contributed by atoms with Crippen LogP contribution in [0.3, 0.4) is 0 Å². The summed E-state index contributed by atoms with van der Waals surface area (Å²) in [4.78, 5) is 89.1. The number of amides is 5. The molecule has 5 amide bonds. The summed E-state index contributed by atoms with van der Waals surface area (Å²) in [5, 5.41) is 2.74. The first-order valence-corrected chi connectivity index (χ1v) is 21.0. The van der Waals surface area contributed by atoms with Crippen molar-refractivity contribution in [1.82, 2.24) is 30.0 Å². The molecule has 306 valence electrons. The summed E-state index contributed by atoms with van der Waals surface area (Å²) < 4.78 is 0. The van der Waals surface area contributed by atoms with E-state index >= 15 is 0 Å². The highest BCUT2D eigenvalue weighted by Crippen LogP contribution is 2.46. The van der Waals surface area contributed by atoms with E-state index in [-0.39, 0.29) is 29.7 Å². The van der Waals surface area contributed by atoms with Gasteiger partial charge in [-0.25, -0.2) is 14.8 Å². The number of halogens is 1. The van der Waals surface area contributed by atoms with Gasteiger partial charge in [-0.1, -0.05) is 17.7 Å². The third kappa shape index (κ3) is 7.26. The molecule has 0 bridgehead atoms. The highest BCUT2D eigenvalue weighted by Gasteiger charge is 2.46. The average molecular weight is 819 g/mol. The summed E-state index contributed by atoms with van der Waals surface area (Å²) in [5.41, 5.74) is 3.56. The number of hydrogen-bond donors (Lipinski definition) is 1. The van der Waals surface area contributed by atoms with E-state index in [9.17, 15) is 24.0 Å². The zero-order valence-electron chi connectivity index (χ0n) is 33.1. The number of piperazine rings is 1. The molecule has 3 aromatic rings. The van der Waals surface area contributed by atoms with Gasteiger partial charge in [-0.05, 0) is 81.2 Å². The second-order valence-corrected chi connectivity index (χ2v) is 17.3. The van der Waals surface area contributed by atoms with E-state index in [1.807, 2.05) is 29.2 Å². The summed E-state index contributed by atoms with van der Waals surface area (Å²) in [7, 11) is 0. The molecule has 0 saturated carbocycles. The number of imide groups is 2. The molecule has 5 fully saturated rings. The molecule has 1 N–H and O–H groups in total. The van der Waals surface area contributed by atoms with Crippen LogP contribution in [0.25, 0.3) is 4.85 Å². The number of nitrogens with one attached hydrogen (secondary N) is 1. The summed E-state index contributed by atoms with van der Waals surface area (Å²) in [6.45, 7) is 16.6. The van der Waals surface area contributed by atoms with Crippen LogP contribution in [0, 0.1) is 12.0 Å². The molecule has 9 rings (SSSR count). The maximum absolute atomic E-state index is 13.5. The molecule has 1 aromatic heterocycles. The standard InChI is InChI=1S/C43H47ClN10O5/c1-27-23-43(26-53(27)30-4-6-34(45-2)33(44)22-30)11-15-51(16-12-43)37-25-46-35(24-47-37)42(59)52-19-17-50(18-20-52)28-9-13-49(14-10-28)29-3-5-31-32(21-29)41(58)54(40(31)57)36-7-8-38(55)48-39(36)56/h3-6,21-22,24-25,27-28,36H,7-20,23,26H2,1H3,(H,48,55,56)/t27-,36?/m0/s1. The van der Waals surface area contributed by atoms with Crippen LogP contribution in [-0.2, 0) is 9.59 Å². The summed E-state index contributed by atoms with van der Waals surface area (Å²) in [6.07, 6.45) is 8.60. The van der Waals surface area contributed by atoms with Crippen LogP contribution in [0.5, 0.6) is 0 Å². The number of benzene rings is 2. The first-order chi connectivity index (χ1) is 28.5. The van der Waals surface area contributed by atoms with Crippen molar-refractivity contribution in [1.29, 1.82) is 0 Å². The van der Waals surface area contributed by atoms with Gasteiger partial charge in [0, 0.05) is 93.8 Å². The van der Waals surface area contributed by atoms with Crippen molar-refractivity contribution in [3.8, 4) is 0 Å². The average Bonchev–Trinajstić information content (AvgIpc) is 3.71. The lowest BCUT2D eigenvalue weighted by Gasteiger charge is -2.43. The topological polar surface area (TPSA) is 147 Å². The first kappa shape index (κ1) is 38.9. The van der Waals surface area contributed by atoms with Gasteiger partial charge in [0.1, 0.15) is 17.6 Å². The van der Waals surface area contributed by atoms with Crippen molar-refractivity contribution in [2.24, 2.45) is 5.41 Å². The molecular formula is C43H47ClN10O5. The minimum absolute atomic E-state index is 0.0836. The fraction of sp³-hybridized carbons (Fsp3) is 0.488. The van der Waals surface area contributed by atoms with Crippen molar-refractivity contribution in [2.45, 2.75) is 70.0 Å². The van der Waals surface area contributed by atoms with Crippen LogP contribution in [-0.4, -0.2) is 131 Å². The van der Waals surface area contributed by atoms with Crippen LogP contribution in [0.4, 0.5) is 22.9 Å². The predicted octanol–water partition coefficient (Wildman–Crippen LogP) is 4.39. The molecule has 2 aromatic carbocycles. The Kier molecular flexibility index (Phi) is 10.2. The van der Waals surface area contributed by atoms with Gasteiger partial charge in [-0.2, -0.15) is 0 Å². The second-order valence-electron chi connectivity index (χ2n) is 16.9. The molecule has 2 atom stereocenters. The van der Waals surface area contributed by atoms with Crippen LogP contribution in [0.1, 0.15) is 83.1 Å². The quantitative estimate of drug-likeness (QED) is 0.279. The number of rotatable bonds is 6. The Hall–Kier alpha value is -5.59. The summed E-state index contributed by atoms with van der Waals surface area (Å²) in [6, 6.07) is 10.8. The highest BCUT2D eigenvalue weighted by molar-refractivity contribution is 6.33. The minimum atomic E-state index is -0.985. The number of carbonyl (C=O) groups is 5. The van der Waals surface area contributed by atoms with E-state index < -0.39 is 29.7 Å². The molecule has 1 unspecified atom stereocenters. The lowest BCUT2D eigenvalue weighted by molar-refractivity contribution is -0.136. The second kappa shape index (κ2) is 15.5. The molecule has 0 radical (unpaired) electrons. The van der Waals surface area contributed by atoms with Crippen LogP contribution in [0.15, 0.2) is 48.8 Å². The van der Waals surface area contributed by atoms with Gasteiger partial charge < -0.3 is 19.6 Å². The Balaban J connectivity index is 0.736. The molecule has 16 heteroatoms. The van der Waals surface area contributed by atoms with Gasteiger partial charge in [0.05, 0.1) is 30.1 Å². The molecule has 59 heavy (non-hydrogen) atoms. The molecule has 6 aliphatic rings. The first-order valence-electron chi connectivity index (χ1n) is 20.7. The number of carbonyl (C=O) groups excluding carboxylic acids is 5. The largest absolute Gasteiger partial charge is 0.371 e. The van der Waals surface area contributed by atoms with Gasteiger partial charge in [0.25, 0.3) is 17.7 Å². The van der Waals surface area contributed by atoms with E-state index in [4.69, 9.17) is 23.2 Å².